The average molecular weight is 353 g/mol. The Balaban J connectivity index is 1.70. The predicted molar refractivity (Wildman–Crippen MR) is 82.0 cm³/mol. The lowest BCUT2D eigenvalue weighted by atomic mass is 10.1. The number of hydrogen-bond donors (Lipinski definition) is 0. The molecule has 2 fully saturated rings. The molecule has 1 aromatic rings. The lowest BCUT2D eigenvalue weighted by Gasteiger charge is -2.29. The average Bonchev–Trinajstić information content (AvgIpc) is 2.89. The Morgan fingerprint density at radius 3 is 2.76 bits per heavy atom. The maximum Gasteiger partial charge on any atom is 0.228 e. The van der Waals surface area contributed by atoms with Crippen LogP contribution in [0.5, 0.6) is 0 Å². The van der Waals surface area contributed by atoms with E-state index in [9.17, 15) is 9.59 Å². The Morgan fingerprint density at radius 2 is 2.05 bits per heavy atom. The summed E-state index contributed by atoms with van der Waals surface area (Å²) in [4.78, 5) is 28.2. The Labute approximate surface area is 132 Å². The number of nitrogens with zero attached hydrogens (tertiary/aromatic N) is 2. The zero-order valence-electron chi connectivity index (χ0n) is 11.6. The number of rotatable bonds is 2. The fourth-order valence-electron chi connectivity index (χ4n) is 2.81. The number of ether oxygens (including phenoxy) is 1. The van der Waals surface area contributed by atoms with Gasteiger partial charge in [-0.3, -0.25) is 9.59 Å². The second-order valence-corrected chi connectivity index (χ2v) is 6.24. The minimum atomic E-state index is -0.241. The van der Waals surface area contributed by atoms with E-state index in [0.717, 1.165) is 10.2 Å². The molecule has 112 valence electrons. The molecule has 0 N–H and O–H groups in total. The van der Waals surface area contributed by atoms with Crippen molar-refractivity contribution >= 4 is 33.4 Å². The summed E-state index contributed by atoms with van der Waals surface area (Å²) in [5.41, 5.74) is 0.839. The fraction of sp³-hybridized carbons (Fsp3) is 0.467. The number of hydrogen-bond acceptors (Lipinski definition) is 3. The molecule has 1 unspecified atom stereocenters. The van der Waals surface area contributed by atoms with Gasteiger partial charge in [0, 0.05) is 36.2 Å². The number of carbonyl (C=O) groups is 2. The number of benzene rings is 1. The highest BCUT2D eigenvalue weighted by Gasteiger charge is 2.37. The van der Waals surface area contributed by atoms with Crippen molar-refractivity contribution in [3.8, 4) is 0 Å². The second-order valence-electron chi connectivity index (χ2n) is 5.32. The molecule has 0 spiro atoms. The van der Waals surface area contributed by atoms with Crippen molar-refractivity contribution < 1.29 is 14.3 Å². The molecule has 6 heteroatoms. The van der Waals surface area contributed by atoms with Crippen LogP contribution in [0.1, 0.15) is 6.42 Å². The summed E-state index contributed by atoms with van der Waals surface area (Å²) in [5.74, 6) is -0.154. The van der Waals surface area contributed by atoms with Gasteiger partial charge in [-0.2, -0.15) is 0 Å². The monoisotopic (exact) mass is 352 g/mol. The first-order valence-corrected chi connectivity index (χ1v) is 7.87. The van der Waals surface area contributed by atoms with Gasteiger partial charge in [0.25, 0.3) is 0 Å². The summed E-state index contributed by atoms with van der Waals surface area (Å²) in [7, 11) is 0. The molecule has 1 aromatic carbocycles. The summed E-state index contributed by atoms with van der Waals surface area (Å²) in [6.45, 7) is 2.88. The Bertz CT molecular complexity index is 558. The highest BCUT2D eigenvalue weighted by Crippen LogP contribution is 2.28. The van der Waals surface area contributed by atoms with Crippen LogP contribution in [0.15, 0.2) is 28.7 Å². The Kier molecular flexibility index (Phi) is 4.26. The molecule has 1 atom stereocenters. The molecule has 2 aliphatic heterocycles. The highest BCUT2D eigenvalue weighted by molar-refractivity contribution is 9.10. The normalized spacial score (nSPS) is 22.7. The molecule has 2 saturated heterocycles. The summed E-state index contributed by atoms with van der Waals surface area (Å²) in [5, 5.41) is 0. The van der Waals surface area contributed by atoms with Gasteiger partial charge in [-0.15, -0.1) is 0 Å². The van der Waals surface area contributed by atoms with E-state index in [1.807, 2.05) is 29.2 Å². The summed E-state index contributed by atoms with van der Waals surface area (Å²) in [6, 6.07) is 7.61. The Morgan fingerprint density at radius 1 is 1.29 bits per heavy atom. The molecule has 2 aliphatic rings. The van der Waals surface area contributed by atoms with E-state index >= 15 is 0 Å². The van der Waals surface area contributed by atoms with Gasteiger partial charge in [0.15, 0.2) is 0 Å². The van der Waals surface area contributed by atoms with Crippen molar-refractivity contribution in [1.82, 2.24) is 4.90 Å². The molecule has 0 radical (unpaired) electrons. The van der Waals surface area contributed by atoms with Gasteiger partial charge in [0.05, 0.1) is 19.1 Å². The SMILES string of the molecule is O=C(C1CC(=O)N(c2cccc(Br)c2)C1)N1CCOCC1. The molecule has 0 bridgehead atoms. The lowest BCUT2D eigenvalue weighted by Crippen LogP contribution is -2.44. The van der Waals surface area contributed by atoms with Crippen molar-refractivity contribution in [2.45, 2.75) is 6.42 Å². The minimum Gasteiger partial charge on any atom is -0.378 e. The van der Waals surface area contributed by atoms with Crippen LogP contribution in [-0.2, 0) is 14.3 Å². The van der Waals surface area contributed by atoms with Gasteiger partial charge >= 0.3 is 0 Å². The Hall–Kier alpha value is -1.40. The maximum atomic E-state index is 12.5. The summed E-state index contributed by atoms with van der Waals surface area (Å²) < 4.78 is 6.19. The van der Waals surface area contributed by atoms with Gasteiger partial charge in [-0.1, -0.05) is 22.0 Å². The molecule has 5 nitrogen and oxygen atoms in total. The van der Waals surface area contributed by atoms with Gasteiger partial charge < -0.3 is 14.5 Å². The molecule has 0 aromatic heterocycles. The van der Waals surface area contributed by atoms with Crippen molar-refractivity contribution in [1.29, 1.82) is 0 Å². The van der Waals surface area contributed by atoms with E-state index in [1.165, 1.54) is 0 Å². The van der Waals surface area contributed by atoms with E-state index in [4.69, 9.17) is 4.74 Å². The van der Waals surface area contributed by atoms with Crippen LogP contribution < -0.4 is 4.90 Å². The van der Waals surface area contributed by atoms with Crippen molar-refractivity contribution in [2.24, 2.45) is 5.92 Å². The van der Waals surface area contributed by atoms with Crippen LogP contribution >= 0.6 is 15.9 Å². The largest absolute Gasteiger partial charge is 0.378 e. The van der Waals surface area contributed by atoms with E-state index in [-0.39, 0.29) is 17.7 Å². The van der Waals surface area contributed by atoms with E-state index < -0.39 is 0 Å². The number of amides is 2. The second kappa shape index (κ2) is 6.15. The van der Waals surface area contributed by atoms with Crippen LogP contribution in [0.3, 0.4) is 0 Å². The zero-order valence-corrected chi connectivity index (χ0v) is 13.2. The predicted octanol–water partition coefficient (Wildman–Crippen LogP) is 1.66. The van der Waals surface area contributed by atoms with Crippen LogP contribution in [0.25, 0.3) is 0 Å². The summed E-state index contributed by atoms with van der Waals surface area (Å²) >= 11 is 3.41. The first-order valence-electron chi connectivity index (χ1n) is 7.07. The number of carbonyl (C=O) groups excluding carboxylic acids is 2. The lowest BCUT2D eigenvalue weighted by molar-refractivity contribution is -0.139. The topological polar surface area (TPSA) is 49.9 Å². The molecule has 0 saturated carbocycles. The highest BCUT2D eigenvalue weighted by atomic mass is 79.9. The van der Waals surface area contributed by atoms with Gasteiger partial charge in [-0.25, -0.2) is 0 Å². The number of morpholine rings is 1. The van der Waals surface area contributed by atoms with Crippen molar-refractivity contribution in [2.75, 3.05) is 37.7 Å². The minimum absolute atomic E-state index is 0.0136. The third-order valence-corrected chi connectivity index (χ3v) is 4.41. The van der Waals surface area contributed by atoms with E-state index in [1.54, 1.807) is 4.90 Å². The van der Waals surface area contributed by atoms with Gasteiger partial charge in [-0.05, 0) is 18.2 Å². The maximum absolute atomic E-state index is 12.5. The zero-order chi connectivity index (χ0) is 14.8. The number of anilines is 1. The molecule has 21 heavy (non-hydrogen) atoms. The molecular weight excluding hydrogens is 336 g/mol. The molecule has 2 heterocycles. The van der Waals surface area contributed by atoms with Crippen LogP contribution in [0.2, 0.25) is 0 Å². The van der Waals surface area contributed by atoms with Crippen LogP contribution in [-0.4, -0.2) is 49.6 Å². The van der Waals surface area contributed by atoms with Crippen molar-refractivity contribution in [3.05, 3.63) is 28.7 Å². The van der Waals surface area contributed by atoms with Gasteiger partial charge in [0.2, 0.25) is 11.8 Å². The first-order chi connectivity index (χ1) is 10.1. The van der Waals surface area contributed by atoms with Crippen LogP contribution in [0.4, 0.5) is 5.69 Å². The molecular formula is C15H17BrN2O3. The fourth-order valence-corrected chi connectivity index (χ4v) is 3.20. The number of halogens is 1. The van der Waals surface area contributed by atoms with Crippen LogP contribution in [0, 0.1) is 5.92 Å². The van der Waals surface area contributed by atoms with E-state index in [0.29, 0.717) is 39.3 Å². The molecule has 2 amide bonds. The third-order valence-electron chi connectivity index (χ3n) is 3.92. The molecule has 3 rings (SSSR count). The van der Waals surface area contributed by atoms with Gasteiger partial charge in [0.1, 0.15) is 0 Å². The first kappa shape index (κ1) is 14.5. The standard InChI is InChI=1S/C15H17BrN2O3/c16-12-2-1-3-13(9-12)18-10-11(8-14(18)19)15(20)17-4-6-21-7-5-17/h1-3,9,11H,4-8,10H2. The smallest absolute Gasteiger partial charge is 0.228 e. The van der Waals surface area contributed by atoms with Crippen molar-refractivity contribution in [3.63, 3.8) is 0 Å². The van der Waals surface area contributed by atoms with E-state index in [2.05, 4.69) is 15.9 Å². The quantitative estimate of drug-likeness (QED) is 0.813. The molecule has 0 aliphatic carbocycles. The third kappa shape index (κ3) is 3.11. The summed E-state index contributed by atoms with van der Waals surface area (Å²) in [6.07, 6.45) is 0.294.